The van der Waals surface area contributed by atoms with E-state index in [9.17, 15) is 4.79 Å². The van der Waals surface area contributed by atoms with Crippen molar-refractivity contribution in [3.63, 3.8) is 0 Å². The molecule has 0 aliphatic heterocycles. The lowest BCUT2D eigenvalue weighted by Crippen LogP contribution is -2.17. The fraction of sp³-hybridized carbons (Fsp3) is 0.182. The highest BCUT2D eigenvalue weighted by molar-refractivity contribution is 9.10. The van der Waals surface area contributed by atoms with Crippen molar-refractivity contribution in [3.8, 4) is 0 Å². The molecular weight excluding hydrogens is 320 g/mol. The maximum atomic E-state index is 12.0. The van der Waals surface area contributed by atoms with E-state index in [1.807, 2.05) is 0 Å². The van der Waals surface area contributed by atoms with Gasteiger partial charge in [-0.1, -0.05) is 11.6 Å². The molecule has 0 unspecified atom stereocenters. The van der Waals surface area contributed by atoms with Gasteiger partial charge in [-0.2, -0.15) is 0 Å². The van der Waals surface area contributed by atoms with Gasteiger partial charge in [0, 0.05) is 23.4 Å². The lowest BCUT2D eigenvalue weighted by molar-refractivity contribution is 0.101. The van der Waals surface area contributed by atoms with Crippen LogP contribution in [0.15, 0.2) is 22.8 Å². The molecule has 0 saturated carbocycles. The molecule has 7 heteroatoms. The van der Waals surface area contributed by atoms with Crippen LogP contribution in [0.3, 0.4) is 0 Å². The molecule has 0 spiro atoms. The largest absolute Gasteiger partial charge is 0.345 e. The summed E-state index contributed by atoms with van der Waals surface area (Å²) in [6.45, 7) is 1.78. The zero-order valence-corrected chi connectivity index (χ0v) is 12.1. The highest BCUT2D eigenvalue weighted by Crippen LogP contribution is 2.15. The Hall–Kier alpha value is -1.40. The quantitative estimate of drug-likeness (QED) is 0.862. The Morgan fingerprint density at radius 3 is 2.72 bits per heavy atom. The van der Waals surface area contributed by atoms with Crippen LogP contribution in [-0.4, -0.2) is 20.4 Å². The van der Waals surface area contributed by atoms with E-state index in [0.717, 1.165) is 4.47 Å². The maximum Gasteiger partial charge on any atom is 0.274 e. The third-order valence-corrected chi connectivity index (χ3v) is 2.88. The van der Waals surface area contributed by atoms with Gasteiger partial charge < -0.3 is 4.57 Å². The number of carbonyl (C=O) groups is 1. The predicted molar refractivity (Wildman–Crippen MR) is 72.8 cm³/mol. The van der Waals surface area contributed by atoms with Crippen molar-refractivity contribution in [3.05, 3.63) is 39.3 Å². The fourth-order valence-corrected chi connectivity index (χ4v) is 2.26. The molecule has 1 amide bonds. The van der Waals surface area contributed by atoms with Gasteiger partial charge in [-0.15, -0.1) is 0 Å². The van der Waals surface area contributed by atoms with Crippen molar-refractivity contribution < 1.29 is 4.79 Å². The number of amides is 1. The van der Waals surface area contributed by atoms with Crippen molar-refractivity contribution in [2.75, 3.05) is 5.32 Å². The van der Waals surface area contributed by atoms with E-state index in [1.54, 1.807) is 36.9 Å². The van der Waals surface area contributed by atoms with Crippen LogP contribution < -0.4 is 5.32 Å². The van der Waals surface area contributed by atoms with Crippen molar-refractivity contribution in [2.24, 2.45) is 7.05 Å². The molecule has 0 atom stereocenters. The minimum Gasteiger partial charge on any atom is -0.345 e. The van der Waals surface area contributed by atoms with E-state index < -0.39 is 0 Å². The molecule has 0 aliphatic rings. The summed E-state index contributed by atoms with van der Waals surface area (Å²) in [6, 6.07) is 3.34. The van der Waals surface area contributed by atoms with E-state index in [1.165, 1.54) is 0 Å². The monoisotopic (exact) mass is 328 g/mol. The summed E-state index contributed by atoms with van der Waals surface area (Å²) in [7, 11) is 1.78. The number of nitrogens with zero attached hydrogens (tertiary/aromatic N) is 3. The van der Waals surface area contributed by atoms with Crippen molar-refractivity contribution in [1.29, 1.82) is 0 Å². The van der Waals surface area contributed by atoms with Crippen molar-refractivity contribution >= 4 is 39.4 Å². The van der Waals surface area contributed by atoms with Crippen LogP contribution in [0.1, 0.15) is 16.2 Å². The number of anilines is 1. The van der Waals surface area contributed by atoms with Gasteiger partial charge in [-0.3, -0.25) is 10.1 Å². The summed E-state index contributed by atoms with van der Waals surface area (Å²) in [5.41, 5.74) is 1.20. The van der Waals surface area contributed by atoms with Crippen LogP contribution in [0.25, 0.3) is 0 Å². The number of carbonyl (C=O) groups excluding carboxylic acids is 1. The summed E-state index contributed by atoms with van der Waals surface area (Å²) in [6.07, 6.45) is 1.79. The lowest BCUT2D eigenvalue weighted by Gasteiger charge is -2.05. The van der Waals surface area contributed by atoms with Crippen molar-refractivity contribution in [2.45, 2.75) is 6.92 Å². The van der Waals surface area contributed by atoms with E-state index in [0.29, 0.717) is 16.5 Å². The summed E-state index contributed by atoms with van der Waals surface area (Å²) in [4.78, 5) is 20.0. The Labute approximate surface area is 117 Å². The third-order valence-electron chi connectivity index (χ3n) is 2.25. The second-order valence-corrected chi connectivity index (χ2v) is 5.07. The van der Waals surface area contributed by atoms with E-state index in [4.69, 9.17) is 11.6 Å². The molecule has 1 N–H and O–H groups in total. The molecular formula is C11H10BrClN4O. The van der Waals surface area contributed by atoms with Crippen LogP contribution >= 0.6 is 27.5 Å². The first-order valence-corrected chi connectivity index (χ1v) is 6.27. The Bertz CT molecular complexity index is 591. The highest BCUT2D eigenvalue weighted by Gasteiger charge is 2.13. The molecule has 2 heterocycles. The molecule has 0 aromatic carbocycles. The Balaban J connectivity index is 2.23. The van der Waals surface area contributed by atoms with E-state index in [2.05, 4.69) is 31.2 Å². The summed E-state index contributed by atoms with van der Waals surface area (Å²) < 4.78 is 2.54. The Kier molecular flexibility index (Phi) is 3.68. The van der Waals surface area contributed by atoms with Gasteiger partial charge in [0.2, 0.25) is 5.95 Å². The molecule has 18 heavy (non-hydrogen) atoms. The van der Waals surface area contributed by atoms with Gasteiger partial charge in [0.15, 0.2) is 0 Å². The smallest absolute Gasteiger partial charge is 0.274 e. The Morgan fingerprint density at radius 1 is 1.44 bits per heavy atom. The first kappa shape index (κ1) is 13.0. The number of aryl methyl sites for hydroxylation is 2. The molecule has 0 fully saturated rings. The van der Waals surface area contributed by atoms with Gasteiger partial charge in [0.25, 0.3) is 5.91 Å². The topological polar surface area (TPSA) is 59.8 Å². The van der Waals surface area contributed by atoms with Gasteiger partial charge in [-0.25, -0.2) is 9.97 Å². The van der Waals surface area contributed by atoms with Gasteiger partial charge in [0.1, 0.15) is 10.8 Å². The zero-order chi connectivity index (χ0) is 13.3. The summed E-state index contributed by atoms with van der Waals surface area (Å²) >= 11 is 9.11. The lowest BCUT2D eigenvalue weighted by atomic mass is 10.4. The molecule has 0 aliphatic carbocycles. The molecule has 2 aromatic heterocycles. The summed E-state index contributed by atoms with van der Waals surface area (Å²) in [5, 5.41) is 2.90. The van der Waals surface area contributed by atoms with Crippen LogP contribution in [0, 0.1) is 6.92 Å². The number of rotatable bonds is 2. The minimum atomic E-state index is -0.287. The van der Waals surface area contributed by atoms with Gasteiger partial charge in [-0.05, 0) is 35.0 Å². The minimum absolute atomic E-state index is 0.197. The number of halogens is 2. The summed E-state index contributed by atoms with van der Waals surface area (Å²) in [5.74, 6) is -0.0906. The maximum absolute atomic E-state index is 12.0. The van der Waals surface area contributed by atoms with Crippen LogP contribution in [0.5, 0.6) is 0 Å². The molecule has 2 rings (SSSR count). The molecule has 0 saturated heterocycles. The molecule has 2 aromatic rings. The highest BCUT2D eigenvalue weighted by atomic mass is 79.9. The van der Waals surface area contributed by atoms with E-state index >= 15 is 0 Å². The third kappa shape index (κ3) is 2.88. The normalized spacial score (nSPS) is 10.4. The fourth-order valence-electron chi connectivity index (χ4n) is 1.50. The van der Waals surface area contributed by atoms with Crippen molar-refractivity contribution in [1.82, 2.24) is 14.5 Å². The van der Waals surface area contributed by atoms with Gasteiger partial charge in [0.05, 0.1) is 0 Å². The van der Waals surface area contributed by atoms with E-state index in [-0.39, 0.29) is 11.9 Å². The van der Waals surface area contributed by atoms with Gasteiger partial charge >= 0.3 is 0 Å². The Morgan fingerprint density at radius 2 is 2.17 bits per heavy atom. The number of hydrogen-bond donors (Lipinski definition) is 1. The van der Waals surface area contributed by atoms with Crippen LogP contribution in [0.4, 0.5) is 5.95 Å². The number of aromatic nitrogens is 3. The zero-order valence-electron chi connectivity index (χ0n) is 9.74. The number of hydrogen-bond acceptors (Lipinski definition) is 3. The SMILES string of the molecule is Cc1cc(Cl)nc(NC(=O)c2cc(Br)cn2C)n1. The number of nitrogens with one attached hydrogen (secondary N) is 1. The predicted octanol–water partition coefficient (Wildman–Crippen LogP) is 2.79. The average molecular weight is 330 g/mol. The molecule has 0 radical (unpaired) electrons. The second kappa shape index (κ2) is 5.07. The standard InChI is InChI=1S/C11H10BrClN4O/c1-6-3-9(13)15-11(14-6)16-10(18)8-4-7(12)5-17(8)2/h3-5H,1-2H3,(H,14,15,16,18). The van der Waals surface area contributed by atoms with Crippen LogP contribution in [0.2, 0.25) is 5.15 Å². The molecule has 5 nitrogen and oxygen atoms in total. The molecule has 0 bridgehead atoms. The molecule has 94 valence electrons. The first-order chi connectivity index (χ1) is 8.45. The van der Waals surface area contributed by atoms with Crippen LogP contribution in [-0.2, 0) is 7.05 Å². The first-order valence-electron chi connectivity index (χ1n) is 5.10. The average Bonchev–Trinajstić information content (AvgIpc) is 2.56. The second-order valence-electron chi connectivity index (χ2n) is 3.76.